The van der Waals surface area contributed by atoms with Crippen LogP contribution in [0.3, 0.4) is 0 Å². The summed E-state index contributed by atoms with van der Waals surface area (Å²) in [5.41, 5.74) is 2.91. The lowest BCUT2D eigenvalue weighted by Gasteiger charge is -2.33. The number of likely N-dealkylation sites (tertiary alicyclic amines) is 1. The zero-order chi connectivity index (χ0) is 14.4. The van der Waals surface area contributed by atoms with E-state index in [0.717, 1.165) is 19.6 Å². The molecule has 2 rings (SSSR count). The maximum absolute atomic E-state index is 9.89. The van der Waals surface area contributed by atoms with Crippen LogP contribution < -0.4 is 0 Å². The number of aliphatic hydroxyl groups is 1. The van der Waals surface area contributed by atoms with Crippen LogP contribution in [0.2, 0.25) is 0 Å². The van der Waals surface area contributed by atoms with Crippen molar-refractivity contribution in [2.24, 2.45) is 0 Å². The second-order valence-corrected chi connectivity index (χ2v) is 5.74. The summed E-state index contributed by atoms with van der Waals surface area (Å²) in [5, 5.41) is 9.89. The number of β-amino-alcohol motifs (C(OH)–C–C–N with tert-alkyl or cyclic N) is 1. The normalized spacial score (nSPS) is 19.1. The number of ether oxygens (including phenoxy) is 1. The van der Waals surface area contributed by atoms with Crippen LogP contribution in [0.5, 0.6) is 0 Å². The number of piperidine rings is 1. The van der Waals surface area contributed by atoms with Crippen molar-refractivity contribution >= 4 is 0 Å². The first-order chi connectivity index (χ1) is 9.70. The molecule has 0 saturated carbocycles. The Hall–Kier alpha value is -0.900. The Bertz CT molecular complexity index is 400. The molecule has 1 atom stereocenters. The molecule has 0 amide bonds. The summed E-state index contributed by atoms with van der Waals surface area (Å²) in [6.45, 7) is 8.17. The van der Waals surface area contributed by atoms with E-state index in [4.69, 9.17) is 4.74 Å². The van der Waals surface area contributed by atoms with Crippen molar-refractivity contribution in [1.29, 1.82) is 0 Å². The van der Waals surface area contributed by atoms with E-state index in [-0.39, 0.29) is 6.10 Å². The highest BCUT2D eigenvalue weighted by Gasteiger charge is 2.22. The predicted molar refractivity (Wildman–Crippen MR) is 82.1 cm³/mol. The van der Waals surface area contributed by atoms with Crippen LogP contribution in [0.25, 0.3) is 0 Å². The lowest BCUT2D eigenvalue weighted by Crippen LogP contribution is -2.39. The largest absolute Gasteiger partial charge is 0.389 e. The predicted octanol–water partition coefficient (Wildman–Crippen LogP) is 2.57. The number of rotatable bonds is 6. The van der Waals surface area contributed by atoms with Gasteiger partial charge in [0.1, 0.15) is 0 Å². The summed E-state index contributed by atoms with van der Waals surface area (Å²) in [6, 6.07) is 8.71. The Kier molecular flexibility index (Phi) is 6.02. The number of benzene rings is 1. The maximum atomic E-state index is 9.89. The summed E-state index contributed by atoms with van der Waals surface area (Å²) in [4.78, 5) is 2.36. The molecule has 0 aliphatic carbocycles. The third-order valence-electron chi connectivity index (χ3n) is 4.20. The summed E-state index contributed by atoms with van der Waals surface area (Å²) < 4.78 is 5.27. The summed E-state index contributed by atoms with van der Waals surface area (Å²) in [7, 11) is 0. The Balaban J connectivity index is 1.79. The summed E-state index contributed by atoms with van der Waals surface area (Å²) in [5.74, 6) is 0.677. The van der Waals surface area contributed by atoms with E-state index in [9.17, 15) is 5.11 Å². The minimum atomic E-state index is -0.357. The highest BCUT2D eigenvalue weighted by atomic mass is 16.5. The molecular weight excluding hydrogens is 250 g/mol. The Morgan fingerprint density at radius 3 is 2.65 bits per heavy atom. The number of hydrogen-bond donors (Lipinski definition) is 1. The van der Waals surface area contributed by atoms with Gasteiger partial charge in [-0.2, -0.15) is 0 Å². The first-order valence-corrected chi connectivity index (χ1v) is 7.74. The molecule has 112 valence electrons. The summed E-state index contributed by atoms with van der Waals surface area (Å²) >= 11 is 0. The molecule has 1 aliphatic rings. The third-order valence-corrected chi connectivity index (χ3v) is 4.20. The number of nitrogens with zero attached hydrogens (tertiary/aromatic N) is 1. The van der Waals surface area contributed by atoms with E-state index in [1.807, 2.05) is 6.92 Å². The molecule has 1 aromatic rings. The molecule has 0 bridgehead atoms. The monoisotopic (exact) mass is 277 g/mol. The topological polar surface area (TPSA) is 32.7 Å². The second kappa shape index (κ2) is 7.77. The number of hydrogen-bond acceptors (Lipinski definition) is 3. The van der Waals surface area contributed by atoms with E-state index in [2.05, 4.69) is 36.1 Å². The molecule has 1 N–H and O–H groups in total. The molecular formula is C17H27NO2. The van der Waals surface area contributed by atoms with E-state index in [1.54, 1.807) is 0 Å². The first-order valence-electron chi connectivity index (χ1n) is 7.74. The molecule has 1 aromatic carbocycles. The van der Waals surface area contributed by atoms with Gasteiger partial charge in [0.15, 0.2) is 0 Å². The van der Waals surface area contributed by atoms with Gasteiger partial charge >= 0.3 is 0 Å². The minimum absolute atomic E-state index is 0.357. The quantitative estimate of drug-likeness (QED) is 0.867. The van der Waals surface area contributed by atoms with E-state index < -0.39 is 0 Å². The van der Waals surface area contributed by atoms with E-state index in [1.165, 1.54) is 24.0 Å². The first kappa shape index (κ1) is 15.5. The minimum Gasteiger partial charge on any atom is -0.389 e. The van der Waals surface area contributed by atoms with Crippen LogP contribution in [-0.4, -0.2) is 49.0 Å². The van der Waals surface area contributed by atoms with Gasteiger partial charge < -0.3 is 14.7 Å². The smallest absolute Gasteiger partial charge is 0.0900 e. The molecule has 0 spiro atoms. The van der Waals surface area contributed by atoms with Crippen molar-refractivity contribution in [3.8, 4) is 0 Å². The van der Waals surface area contributed by atoms with Crippen molar-refractivity contribution in [1.82, 2.24) is 4.90 Å². The Labute approximate surface area is 122 Å². The standard InChI is InChI=1S/C17H27NO2/c1-3-20-13-16(19)12-18-10-8-15(9-11-18)17-7-5-4-6-14(17)2/h4-7,15-16,19H,3,8-13H2,1-2H3/t16-/m0/s1. The van der Waals surface area contributed by atoms with Crippen molar-refractivity contribution in [3.63, 3.8) is 0 Å². The SMILES string of the molecule is CCOC[C@@H](O)CN1CCC(c2ccccc2C)CC1. The van der Waals surface area contributed by atoms with Crippen LogP contribution >= 0.6 is 0 Å². The van der Waals surface area contributed by atoms with Gasteiger partial charge in [-0.25, -0.2) is 0 Å². The van der Waals surface area contributed by atoms with Crippen LogP contribution in [-0.2, 0) is 4.74 Å². The van der Waals surface area contributed by atoms with Crippen molar-refractivity contribution < 1.29 is 9.84 Å². The Morgan fingerprint density at radius 1 is 1.30 bits per heavy atom. The molecule has 0 aromatic heterocycles. The number of aryl methyl sites for hydroxylation is 1. The average molecular weight is 277 g/mol. The van der Waals surface area contributed by atoms with Crippen LogP contribution in [0, 0.1) is 6.92 Å². The zero-order valence-corrected chi connectivity index (χ0v) is 12.7. The van der Waals surface area contributed by atoms with Gasteiger partial charge in [0.25, 0.3) is 0 Å². The third kappa shape index (κ3) is 4.30. The highest BCUT2D eigenvalue weighted by molar-refractivity contribution is 5.29. The molecule has 3 nitrogen and oxygen atoms in total. The molecule has 1 fully saturated rings. The van der Waals surface area contributed by atoms with Crippen molar-refractivity contribution in [2.45, 2.75) is 38.7 Å². The van der Waals surface area contributed by atoms with E-state index in [0.29, 0.717) is 19.1 Å². The molecule has 0 radical (unpaired) electrons. The van der Waals surface area contributed by atoms with Gasteiger partial charge in [-0.05, 0) is 56.8 Å². The van der Waals surface area contributed by atoms with Gasteiger partial charge in [0, 0.05) is 13.2 Å². The zero-order valence-electron chi connectivity index (χ0n) is 12.7. The second-order valence-electron chi connectivity index (χ2n) is 5.74. The van der Waals surface area contributed by atoms with Crippen LogP contribution in [0.1, 0.15) is 36.8 Å². The molecule has 1 aliphatic heterocycles. The van der Waals surface area contributed by atoms with Gasteiger partial charge in [-0.3, -0.25) is 0 Å². The van der Waals surface area contributed by atoms with E-state index >= 15 is 0 Å². The molecule has 20 heavy (non-hydrogen) atoms. The van der Waals surface area contributed by atoms with Crippen LogP contribution in [0.4, 0.5) is 0 Å². The fraction of sp³-hybridized carbons (Fsp3) is 0.647. The van der Waals surface area contributed by atoms with Gasteiger partial charge in [0.2, 0.25) is 0 Å². The fourth-order valence-corrected chi connectivity index (χ4v) is 3.08. The van der Waals surface area contributed by atoms with Gasteiger partial charge in [-0.15, -0.1) is 0 Å². The average Bonchev–Trinajstić information content (AvgIpc) is 2.47. The molecule has 1 heterocycles. The van der Waals surface area contributed by atoms with Crippen molar-refractivity contribution in [3.05, 3.63) is 35.4 Å². The lowest BCUT2D eigenvalue weighted by atomic mass is 9.87. The number of aliphatic hydroxyl groups excluding tert-OH is 1. The fourth-order valence-electron chi connectivity index (χ4n) is 3.08. The maximum Gasteiger partial charge on any atom is 0.0900 e. The molecule has 0 unspecified atom stereocenters. The Morgan fingerprint density at radius 2 is 2.00 bits per heavy atom. The van der Waals surface area contributed by atoms with Gasteiger partial charge in [0.05, 0.1) is 12.7 Å². The lowest BCUT2D eigenvalue weighted by molar-refractivity contribution is 0.0167. The van der Waals surface area contributed by atoms with Crippen molar-refractivity contribution in [2.75, 3.05) is 32.8 Å². The highest BCUT2D eigenvalue weighted by Crippen LogP contribution is 2.29. The molecule has 1 saturated heterocycles. The van der Waals surface area contributed by atoms with Crippen LogP contribution in [0.15, 0.2) is 24.3 Å². The molecule has 3 heteroatoms. The van der Waals surface area contributed by atoms with Gasteiger partial charge in [-0.1, -0.05) is 24.3 Å². The summed E-state index contributed by atoms with van der Waals surface area (Å²) in [6.07, 6.45) is 2.02.